The number of hydrogen-bond donors (Lipinski definition) is 2. The van der Waals surface area contributed by atoms with Gasteiger partial charge in [0.25, 0.3) is 0 Å². The molecule has 0 saturated carbocycles. The van der Waals surface area contributed by atoms with E-state index in [1.807, 2.05) is 42.6 Å². The van der Waals surface area contributed by atoms with Crippen LogP contribution in [0.2, 0.25) is 0 Å². The lowest BCUT2D eigenvalue weighted by Gasteiger charge is -2.21. The number of fused-ring (bicyclic) bond motifs is 1. The summed E-state index contributed by atoms with van der Waals surface area (Å²) in [4.78, 5) is 46.7. The van der Waals surface area contributed by atoms with Crippen molar-refractivity contribution in [3.8, 4) is 0 Å². The number of thiazole rings is 2. The molecule has 0 radical (unpaired) electrons. The third-order valence-corrected chi connectivity index (χ3v) is 6.84. The first-order valence-electron chi connectivity index (χ1n) is 9.56. The molecule has 2 atom stereocenters. The van der Waals surface area contributed by atoms with Gasteiger partial charge in [-0.15, -0.1) is 11.3 Å². The van der Waals surface area contributed by atoms with Crippen molar-refractivity contribution in [2.75, 3.05) is 5.32 Å². The van der Waals surface area contributed by atoms with Crippen molar-refractivity contribution in [2.45, 2.75) is 32.2 Å². The number of aromatic nitrogens is 2. The van der Waals surface area contributed by atoms with Crippen LogP contribution < -0.4 is 10.6 Å². The monoisotopic (exact) mass is 440 g/mol. The molecule has 7 nitrogen and oxygen atoms in total. The molecule has 2 N–H and O–H groups in total. The summed E-state index contributed by atoms with van der Waals surface area (Å²) in [5, 5.41) is 8.78. The zero-order valence-corrected chi connectivity index (χ0v) is 17.9. The molecule has 2 heterocycles. The predicted molar refractivity (Wildman–Crippen MR) is 116 cm³/mol. The number of nitrogens with zero attached hydrogens (tertiary/aromatic N) is 2. The minimum absolute atomic E-state index is 0.112. The summed E-state index contributed by atoms with van der Waals surface area (Å²) in [6.45, 7) is 1.87. The Morgan fingerprint density at radius 1 is 1.23 bits per heavy atom. The van der Waals surface area contributed by atoms with E-state index in [0.29, 0.717) is 22.1 Å². The third kappa shape index (κ3) is 4.63. The van der Waals surface area contributed by atoms with Crippen LogP contribution in [-0.4, -0.2) is 27.6 Å². The number of Topliss-reactive ketones (excluding diaryl/α,β-unsaturated/α-hetero) is 1. The Hall–Kier alpha value is -2.91. The summed E-state index contributed by atoms with van der Waals surface area (Å²) in [7, 11) is 0. The Bertz CT molecular complexity index is 1060. The van der Waals surface area contributed by atoms with Crippen molar-refractivity contribution < 1.29 is 14.4 Å². The molecule has 1 aliphatic rings. The van der Waals surface area contributed by atoms with Gasteiger partial charge in [0.1, 0.15) is 5.01 Å². The number of nitrogens with one attached hydrogen (secondary N) is 2. The second-order valence-corrected chi connectivity index (χ2v) is 9.06. The van der Waals surface area contributed by atoms with E-state index in [4.69, 9.17) is 0 Å². The van der Waals surface area contributed by atoms with E-state index in [9.17, 15) is 14.4 Å². The minimum Gasteiger partial charge on any atom is -0.347 e. The molecule has 1 aromatic carbocycles. The molecule has 2 amide bonds. The van der Waals surface area contributed by atoms with Gasteiger partial charge in [0.15, 0.2) is 10.9 Å². The summed E-state index contributed by atoms with van der Waals surface area (Å²) in [6, 6.07) is 9.20. The molecule has 9 heteroatoms. The van der Waals surface area contributed by atoms with Crippen LogP contribution in [0.4, 0.5) is 5.13 Å². The van der Waals surface area contributed by atoms with Crippen LogP contribution in [0.25, 0.3) is 0 Å². The number of amides is 2. The summed E-state index contributed by atoms with van der Waals surface area (Å²) in [5.74, 6) is -0.951. The van der Waals surface area contributed by atoms with Gasteiger partial charge >= 0.3 is 0 Å². The van der Waals surface area contributed by atoms with Gasteiger partial charge in [-0.05, 0) is 12.5 Å². The van der Waals surface area contributed by atoms with Crippen LogP contribution in [-0.2, 0) is 22.4 Å². The number of ketones is 1. The molecule has 0 unspecified atom stereocenters. The highest BCUT2D eigenvalue weighted by Crippen LogP contribution is 2.32. The van der Waals surface area contributed by atoms with Gasteiger partial charge in [0.05, 0.1) is 29.0 Å². The Labute approximate surface area is 181 Å². The van der Waals surface area contributed by atoms with E-state index in [1.54, 1.807) is 6.20 Å². The minimum atomic E-state index is -0.470. The zero-order valence-electron chi connectivity index (χ0n) is 16.3. The van der Waals surface area contributed by atoms with E-state index < -0.39 is 5.92 Å². The Morgan fingerprint density at radius 3 is 2.77 bits per heavy atom. The predicted octanol–water partition coefficient (Wildman–Crippen LogP) is 3.40. The maximum atomic E-state index is 12.7. The van der Waals surface area contributed by atoms with Gasteiger partial charge in [-0.1, -0.05) is 41.7 Å². The smallest absolute Gasteiger partial charge is 0.230 e. The Kier molecular flexibility index (Phi) is 6.01. The van der Waals surface area contributed by atoms with Crippen molar-refractivity contribution >= 4 is 45.4 Å². The molecule has 3 aromatic rings. The summed E-state index contributed by atoms with van der Waals surface area (Å²) in [5.41, 5.74) is 1.48. The van der Waals surface area contributed by atoms with Crippen LogP contribution in [0.1, 0.15) is 45.3 Å². The van der Waals surface area contributed by atoms with Gasteiger partial charge in [-0.2, -0.15) is 0 Å². The maximum absolute atomic E-state index is 12.7. The highest BCUT2D eigenvalue weighted by molar-refractivity contribution is 7.17. The summed E-state index contributed by atoms with van der Waals surface area (Å²) in [6.07, 6.45) is 2.45. The average Bonchev–Trinajstić information content (AvgIpc) is 3.38. The zero-order chi connectivity index (χ0) is 21.1. The van der Waals surface area contributed by atoms with Gasteiger partial charge in [0.2, 0.25) is 11.8 Å². The molecule has 0 spiro atoms. The van der Waals surface area contributed by atoms with Gasteiger partial charge < -0.3 is 10.6 Å². The fourth-order valence-corrected chi connectivity index (χ4v) is 4.96. The van der Waals surface area contributed by atoms with E-state index in [2.05, 4.69) is 20.6 Å². The van der Waals surface area contributed by atoms with E-state index in [1.165, 1.54) is 22.7 Å². The van der Waals surface area contributed by atoms with Crippen molar-refractivity contribution in [3.05, 3.63) is 63.1 Å². The second-order valence-electron chi connectivity index (χ2n) is 7.13. The normalized spacial score (nSPS) is 16.6. The number of carbonyl (C=O) groups is 3. The largest absolute Gasteiger partial charge is 0.347 e. The lowest BCUT2D eigenvalue weighted by atomic mass is 9.89. The van der Waals surface area contributed by atoms with Gasteiger partial charge in [0, 0.05) is 24.4 Å². The van der Waals surface area contributed by atoms with Crippen LogP contribution in [0, 0.1) is 5.92 Å². The molecule has 2 aromatic heterocycles. The molecule has 0 bridgehead atoms. The molecule has 1 aliphatic carbocycles. The lowest BCUT2D eigenvalue weighted by molar-refractivity contribution is -0.125. The number of carbonyl (C=O) groups excluding carboxylic acids is 3. The molecule has 0 saturated heterocycles. The highest BCUT2D eigenvalue weighted by atomic mass is 32.1. The Balaban J connectivity index is 1.40. The Morgan fingerprint density at radius 2 is 2.03 bits per heavy atom. The molecule has 0 aliphatic heterocycles. The molecule has 30 heavy (non-hydrogen) atoms. The quantitative estimate of drug-likeness (QED) is 0.612. The fourth-order valence-electron chi connectivity index (χ4n) is 3.35. The molecular formula is C21H20N4O3S2. The van der Waals surface area contributed by atoms with Crippen LogP contribution >= 0.6 is 22.7 Å². The molecule has 4 rings (SSSR count). The van der Waals surface area contributed by atoms with Crippen molar-refractivity contribution in [2.24, 2.45) is 5.92 Å². The first-order valence-corrected chi connectivity index (χ1v) is 11.3. The topological polar surface area (TPSA) is 101 Å². The van der Waals surface area contributed by atoms with Crippen molar-refractivity contribution in [1.29, 1.82) is 0 Å². The standard InChI is InChI=1S/C21H20N4O3S2/c1-12(20-22-7-8-29-20)23-19(28)14-10-15-18(16(26)11-14)30-21(24-15)25-17(27)9-13-5-3-2-4-6-13/h2-8,12,14H,9-11H2,1H3,(H,23,28)(H,24,25,27)/t12-,14+/m0/s1. The highest BCUT2D eigenvalue weighted by Gasteiger charge is 2.33. The van der Waals surface area contributed by atoms with Crippen LogP contribution in [0.5, 0.6) is 0 Å². The SMILES string of the molecule is C[C@H](NC(=O)[C@H]1CC(=O)c2sc(NC(=O)Cc3ccccc3)nc2C1)c1nccs1. The number of anilines is 1. The van der Waals surface area contributed by atoms with Crippen molar-refractivity contribution in [1.82, 2.24) is 15.3 Å². The number of hydrogen-bond acceptors (Lipinski definition) is 7. The van der Waals surface area contributed by atoms with Crippen molar-refractivity contribution in [3.63, 3.8) is 0 Å². The number of benzene rings is 1. The lowest BCUT2D eigenvalue weighted by Crippen LogP contribution is -2.36. The third-order valence-electron chi connectivity index (χ3n) is 4.83. The van der Waals surface area contributed by atoms with E-state index in [0.717, 1.165) is 10.6 Å². The van der Waals surface area contributed by atoms with Gasteiger partial charge in [-0.3, -0.25) is 14.4 Å². The molecular weight excluding hydrogens is 420 g/mol. The second kappa shape index (κ2) is 8.85. The van der Waals surface area contributed by atoms with Crippen LogP contribution in [0.3, 0.4) is 0 Å². The molecule has 154 valence electrons. The first-order chi connectivity index (χ1) is 14.5. The fraction of sp³-hybridized carbons (Fsp3) is 0.286. The first kappa shape index (κ1) is 20.4. The van der Waals surface area contributed by atoms with Crippen LogP contribution in [0.15, 0.2) is 41.9 Å². The van der Waals surface area contributed by atoms with E-state index >= 15 is 0 Å². The number of rotatable bonds is 6. The average molecular weight is 441 g/mol. The molecule has 0 fully saturated rings. The summed E-state index contributed by atoms with van der Waals surface area (Å²) < 4.78 is 0. The van der Waals surface area contributed by atoms with E-state index in [-0.39, 0.29) is 36.5 Å². The summed E-state index contributed by atoms with van der Waals surface area (Å²) >= 11 is 2.65. The maximum Gasteiger partial charge on any atom is 0.230 e. The van der Waals surface area contributed by atoms with Gasteiger partial charge in [-0.25, -0.2) is 9.97 Å².